The third kappa shape index (κ3) is 3.28. The maximum Gasteiger partial charge on any atom is 0.240 e. The minimum atomic E-state index is -3.49. The molecule has 2 rings (SSSR count). The molecule has 4 nitrogen and oxygen atoms in total. The summed E-state index contributed by atoms with van der Waals surface area (Å²) >= 11 is 5.99. The van der Waals surface area contributed by atoms with Gasteiger partial charge in [0.1, 0.15) is 0 Å². The van der Waals surface area contributed by atoms with E-state index in [1.54, 1.807) is 12.1 Å². The topological polar surface area (TPSA) is 72.2 Å². The molecule has 0 atom stereocenters. The third-order valence-corrected chi connectivity index (χ3v) is 5.56. The number of hydrogen-bond donors (Lipinski definition) is 2. The lowest BCUT2D eigenvalue weighted by Crippen LogP contribution is -2.39. The van der Waals surface area contributed by atoms with Crippen LogP contribution >= 0.6 is 11.6 Å². The van der Waals surface area contributed by atoms with Gasteiger partial charge in [-0.3, -0.25) is 0 Å². The predicted molar refractivity (Wildman–Crippen MR) is 76.5 cm³/mol. The van der Waals surface area contributed by atoms with Crippen LogP contribution in [0.15, 0.2) is 23.1 Å². The molecule has 1 fully saturated rings. The Bertz CT molecular complexity index is 568. The van der Waals surface area contributed by atoms with Crippen LogP contribution in [0.25, 0.3) is 0 Å². The molecule has 0 aromatic heterocycles. The lowest BCUT2D eigenvalue weighted by atomic mass is 9.71. The van der Waals surface area contributed by atoms with Gasteiger partial charge in [-0.05, 0) is 36.0 Å². The highest BCUT2D eigenvalue weighted by Gasteiger charge is 2.33. The van der Waals surface area contributed by atoms with Crippen molar-refractivity contribution < 1.29 is 8.42 Å². The molecular weight excluding hydrogens is 284 g/mol. The van der Waals surface area contributed by atoms with Crippen LogP contribution in [0.3, 0.4) is 0 Å². The highest BCUT2D eigenvalue weighted by Crippen LogP contribution is 2.39. The Hall–Kier alpha value is -0.620. The van der Waals surface area contributed by atoms with E-state index in [1.807, 2.05) is 0 Å². The molecule has 0 saturated heterocycles. The first-order valence-corrected chi connectivity index (χ1v) is 8.21. The first-order valence-electron chi connectivity index (χ1n) is 6.34. The van der Waals surface area contributed by atoms with E-state index in [2.05, 4.69) is 11.6 Å². The van der Waals surface area contributed by atoms with Crippen molar-refractivity contribution in [3.05, 3.63) is 28.8 Å². The highest BCUT2D eigenvalue weighted by molar-refractivity contribution is 7.89. The summed E-state index contributed by atoms with van der Waals surface area (Å²) in [6.45, 7) is 2.87. The summed E-state index contributed by atoms with van der Waals surface area (Å²) in [6.07, 6.45) is 3.32. The molecule has 3 N–H and O–H groups in total. The number of benzene rings is 1. The average Bonchev–Trinajstić information content (AvgIpc) is 2.34. The molecule has 1 aliphatic carbocycles. The molecule has 0 radical (unpaired) electrons. The van der Waals surface area contributed by atoms with Crippen molar-refractivity contribution in [1.29, 1.82) is 0 Å². The number of nitrogens with two attached hydrogens (primary N) is 1. The standard InChI is InChI=1S/C13H19ClN2O2S/c1-13(5-2-6-13)9-16-19(17,18)11-4-3-10(8-15)12(14)7-11/h3-4,7,16H,2,5-6,8-9,15H2,1H3. The molecule has 0 unspecified atom stereocenters. The Kier molecular flexibility index (Phi) is 4.20. The third-order valence-electron chi connectivity index (χ3n) is 3.80. The second-order valence-electron chi connectivity index (χ2n) is 5.45. The Morgan fingerprint density at radius 1 is 1.42 bits per heavy atom. The molecule has 1 aliphatic rings. The first kappa shape index (κ1) is 14.8. The van der Waals surface area contributed by atoms with Crippen LogP contribution in [-0.4, -0.2) is 15.0 Å². The van der Waals surface area contributed by atoms with Gasteiger partial charge in [0.2, 0.25) is 10.0 Å². The van der Waals surface area contributed by atoms with Crippen molar-refractivity contribution in [2.45, 2.75) is 37.6 Å². The molecule has 1 aromatic carbocycles. The van der Waals surface area contributed by atoms with E-state index >= 15 is 0 Å². The lowest BCUT2D eigenvalue weighted by Gasteiger charge is -2.38. The Morgan fingerprint density at radius 2 is 2.11 bits per heavy atom. The maximum absolute atomic E-state index is 12.2. The quantitative estimate of drug-likeness (QED) is 0.876. The minimum Gasteiger partial charge on any atom is -0.326 e. The van der Waals surface area contributed by atoms with Crippen LogP contribution in [0, 0.1) is 5.41 Å². The zero-order valence-corrected chi connectivity index (χ0v) is 12.5. The van der Waals surface area contributed by atoms with E-state index in [4.69, 9.17) is 17.3 Å². The van der Waals surface area contributed by atoms with E-state index in [9.17, 15) is 8.42 Å². The number of sulfonamides is 1. The smallest absolute Gasteiger partial charge is 0.240 e. The summed E-state index contributed by atoms with van der Waals surface area (Å²) in [5.74, 6) is 0. The first-order chi connectivity index (χ1) is 8.86. The molecule has 19 heavy (non-hydrogen) atoms. The Morgan fingerprint density at radius 3 is 2.58 bits per heavy atom. The summed E-state index contributed by atoms with van der Waals surface area (Å²) in [7, 11) is -3.49. The Balaban J connectivity index is 2.12. The summed E-state index contributed by atoms with van der Waals surface area (Å²) in [4.78, 5) is 0.192. The second kappa shape index (κ2) is 5.40. The second-order valence-corrected chi connectivity index (χ2v) is 7.62. The van der Waals surface area contributed by atoms with Gasteiger partial charge in [-0.2, -0.15) is 0 Å². The van der Waals surface area contributed by atoms with Crippen molar-refractivity contribution >= 4 is 21.6 Å². The van der Waals surface area contributed by atoms with Gasteiger partial charge in [0, 0.05) is 18.1 Å². The van der Waals surface area contributed by atoms with Crippen molar-refractivity contribution in [3.63, 3.8) is 0 Å². The summed E-state index contributed by atoms with van der Waals surface area (Å²) in [5, 5.41) is 0.389. The molecule has 1 saturated carbocycles. The van der Waals surface area contributed by atoms with Crippen molar-refractivity contribution in [2.75, 3.05) is 6.54 Å². The van der Waals surface area contributed by atoms with Gasteiger partial charge in [0.05, 0.1) is 4.90 Å². The van der Waals surface area contributed by atoms with E-state index in [0.29, 0.717) is 18.1 Å². The fourth-order valence-corrected chi connectivity index (χ4v) is 3.72. The van der Waals surface area contributed by atoms with Gasteiger partial charge >= 0.3 is 0 Å². The van der Waals surface area contributed by atoms with Gasteiger partial charge < -0.3 is 5.73 Å². The predicted octanol–water partition coefficient (Wildman–Crippen LogP) is 2.27. The fourth-order valence-electron chi connectivity index (χ4n) is 2.17. The molecule has 1 aromatic rings. The molecule has 6 heteroatoms. The van der Waals surface area contributed by atoms with E-state index in [0.717, 1.165) is 18.4 Å². The molecule has 106 valence electrons. The minimum absolute atomic E-state index is 0.105. The van der Waals surface area contributed by atoms with Crippen LogP contribution in [0.4, 0.5) is 0 Å². The van der Waals surface area contributed by atoms with Crippen LogP contribution < -0.4 is 10.5 Å². The van der Waals surface area contributed by atoms with Crippen molar-refractivity contribution in [3.8, 4) is 0 Å². The molecule has 0 amide bonds. The monoisotopic (exact) mass is 302 g/mol. The van der Waals surface area contributed by atoms with E-state index in [-0.39, 0.29) is 10.3 Å². The highest BCUT2D eigenvalue weighted by atomic mass is 35.5. The van der Waals surface area contributed by atoms with Gasteiger partial charge in [0.25, 0.3) is 0 Å². The Labute approximate surface area is 119 Å². The van der Waals surface area contributed by atoms with Gasteiger partial charge in [-0.1, -0.05) is 31.0 Å². The van der Waals surface area contributed by atoms with Gasteiger partial charge in [-0.25, -0.2) is 13.1 Å². The molecular formula is C13H19ClN2O2S. The van der Waals surface area contributed by atoms with E-state index < -0.39 is 10.0 Å². The number of hydrogen-bond acceptors (Lipinski definition) is 3. The molecule has 0 bridgehead atoms. The maximum atomic E-state index is 12.2. The molecule has 0 heterocycles. The lowest BCUT2D eigenvalue weighted by molar-refractivity contribution is 0.166. The van der Waals surface area contributed by atoms with Crippen molar-refractivity contribution in [2.24, 2.45) is 11.1 Å². The van der Waals surface area contributed by atoms with Crippen LogP contribution in [0.2, 0.25) is 5.02 Å². The molecule has 0 spiro atoms. The number of nitrogens with one attached hydrogen (secondary N) is 1. The van der Waals surface area contributed by atoms with Crippen LogP contribution in [0.5, 0.6) is 0 Å². The van der Waals surface area contributed by atoms with E-state index in [1.165, 1.54) is 12.5 Å². The largest absolute Gasteiger partial charge is 0.326 e. The molecule has 0 aliphatic heterocycles. The number of rotatable bonds is 5. The zero-order chi connectivity index (χ0) is 14.1. The SMILES string of the molecule is CC1(CNS(=O)(=O)c2ccc(CN)c(Cl)c2)CCC1. The van der Waals surface area contributed by atoms with Gasteiger partial charge in [-0.15, -0.1) is 0 Å². The summed E-state index contributed by atoms with van der Waals surface area (Å²) in [6, 6.07) is 4.65. The van der Waals surface area contributed by atoms with Gasteiger partial charge in [0.15, 0.2) is 0 Å². The zero-order valence-electron chi connectivity index (χ0n) is 10.9. The van der Waals surface area contributed by atoms with Crippen LogP contribution in [0.1, 0.15) is 31.7 Å². The summed E-state index contributed by atoms with van der Waals surface area (Å²) in [5.41, 5.74) is 6.35. The fraction of sp³-hybridized carbons (Fsp3) is 0.538. The average molecular weight is 303 g/mol. The summed E-state index contributed by atoms with van der Waals surface area (Å²) < 4.78 is 27.0. The normalized spacial score (nSPS) is 18.1. The number of halogens is 1. The van der Waals surface area contributed by atoms with Crippen molar-refractivity contribution in [1.82, 2.24) is 4.72 Å². The van der Waals surface area contributed by atoms with Crippen LogP contribution in [-0.2, 0) is 16.6 Å².